The van der Waals surface area contributed by atoms with Crippen LogP contribution in [0.1, 0.15) is 31.2 Å². The molecule has 1 aliphatic rings. The summed E-state index contributed by atoms with van der Waals surface area (Å²) in [6.07, 6.45) is 0.189. The number of hydrogen-bond acceptors (Lipinski definition) is 4. The zero-order chi connectivity index (χ0) is 15.1. The first-order valence-electron chi connectivity index (χ1n) is 6.20. The van der Waals surface area contributed by atoms with Crippen molar-refractivity contribution >= 4 is 44.9 Å². The summed E-state index contributed by atoms with van der Waals surface area (Å²) in [5, 5.41) is 1.83. The number of ketones is 1. The fourth-order valence-corrected chi connectivity index (χ4v) is 3.75. The van der Waals surface area contributed by atoms with Crippen LogP contribution >= 0.6 is 27.3 Å². The number of fused-ring (bicyclic) bond motifs is 1. The van der Waals surface area contributed by atoms with Gasteiger partial charge < -0.3 is 0 Å². The topological polar surface area (TPSA) is 54.5 Å². The minimum Gasteiger partial charge on any atom is -0.288 e. The van der Waals surface area contributed by atoms with Crippen LogP contribution in [-0.4, -0.2) is 29.5 Å². The Kier molecular flexibility index (Phi) is 3.51. The summed E-state index contributed by atoms with van der Waals surface area (Å²) in [4.78, 5) is 37.9. The Labute approximate surface area is 133 Å². The van der Waals surface area contributed by atoms with Crippen molar-refractivity contribution < 1.29 is 14.4 Å². The fraction of sp³-hybridized carbons (Fsp3) is 0.133. The molecule has 1 aromatic carbocycles. The maximum absolute atomic E-state index is 12.5. The lowest BCUT2D eigenvalue weighted by molar-refractivity contribution is -0.127. The molecule has 6 heteroatoms. The van der Waals surface area contributed by atoms with Crippen molar-refractivity contribution in [2.75, 3.05) is 7.05 Å². The summed E-state index contributed by atoms with van der Waals surface area (Å²) in [6.45, 7) is 0. The number of halogens is 1. The number of likely N-dealkylation sites (N-methyl/N-ethyl adjacent to an activating group) is 1. The lowest BCUT2D eigenvalue weighted by Gasteiger charge is -2.23. The number of hydrogen-bond donors (Lipinski definition) is 0. The van der Waals surface area contributed by atoms with Gasteiger partial charge in [-0.25, -0.2) is 0 Å². The molecule has 106 valence electrons. The summed E-state index contributed by atoms with van der Waals surface area (Å²) in [7, 11) is 1.46. The Balaban J connectivity index is 2.04. The zero-order valence-electron chi connectivity index (χ0n) is 11.1. The first-order chi connectivity index (χ1) is 9.99. The normalized spacial score (nSPS) is 14.3. The number of carbonyl (C=O) groups excluding carboxylic acids is 3. The summed E-state index contributed by atoms with van der Waals surface area (Å²) < 4.78 is 0.744. The third-order valence-electron chi connectivity index (χ3n) is 3.45. The van der Waals surface area contributed by atoms with Gasteiger partial charge in [0.05, 0.1) is 11.3 Å². The largest absolute Gasteiger partial charge is 0.288 e. The van der Waals surface area contributed by atoms with E-state index in [1.807, 2.05) is 11.4 Å². The van der Waals surface area contributed by atoms with Gasteiger partial charge in [0, 0.05) is 22.6 Å². The third-order valence-corrected chi connectivity index (χ3v) is 5.28. The summed E-state index contributed by atoms with van der Waals surface area (Å²) in [5.41, 5.74) is 1.55. The maximum Gasteiger partial charge on any atom is 0.260 e. The van der Waals surface area contributed by atoms with Gasteiger partial charge in [-0.2, -0.15) is 0 Å². The van der Waals surface area contributed by atoms with Crippen LogP contribution in [0.3, 0.4) is 0 Å². The smallest absolute Gasteiger partial charge is 0.260 e. The molecule has 0 saturated heterocycles. The van der Waals surface area contributed by atoms with Crippen LogP contribution in [0.15, 0.2) is 34.1 Å². The van der Waals surface area contributed by atoms with Crippen molar-refractivity contribution in [1.29, 1.82) is 0 Å². The van der Waals surface area contributed by atoms with Crippen LogP contribution in [0.2, 0.25) is 0 Å². The highest BCUT2D eigenvalue weighted by molar-refractivity contribution is 9.10. The molecule has 0 unspecified atom stereocenters. The van der Waals surface area contributed by atoms with Gasteiger partial charge in [-0.15, -0.1) is 11.3 Å². The Morgan fingerprint density at radius 1 is 1.29 bits per heavy atom. The van der Waals surface area contributed by atoms with Gasteiger partial charge in [0.25, 0.3) is 5.91 Å². The molecule has 1 aliphatic heterocycles. The fourth-order valence-electron chi connectivity index (χ4n) is 2.23. The van der Waals surface area contributed by atoms with Crippen LogP contribution in [0.5, 0.6) is 0 Å². The SMILES string of the molecule is CN1C(=O)Cc2ccc(C(=O)c3sccc3Br)cc2C1=O. The second kappa shape index (κ2) is 5.20. The van der Waals surface area contributed by atoms with E-state index in [1.165, 1.54) is 18.4 Å². The molecule has 2 aromatic rings. The molecule has 1 aromatic heterocycles. The van der Waals surface area contributed by atoms with Crippen molar-refractivity contribution in [3.8, 4) is 0 Å². The molecule has 0 saturated carbocycles. The quantitative estimate of drug-likeness (QED) is 0.608. The van der Waals surface area contributed by atoms with Gasteiger partial charge in [-0.05, 0) is 39.0 Å². The molecule has 21 heavy (non-hydrogen) atoms. The number of carbonyl (C=O) groups is 3. The molecule has 2 amide bonds. The van der Waals surface area contributed by atoms with E-state index in [0.717, 1.165) is 9.37 Å². The van der Waals surface area contributed by atoms with Crippen LogP contribution in [-0.2, 0) is 11.2 Å². The number of rotatable bonds is 2. The lowest BCUT2D eigenvalue weighted by Crippen LogP contribution is -2.39. The van der Waals surface area contributed by atoms with E-state index in [9.17, 15) is 14.4 Å². The van der Waals surface area contributed by atoms with Crippen LogP contribution in [0.25, 0.3) is 0 Å². The Bertz CT molecular complexity index is 781. The summed E-state index contributed by atoms with van der Waals surface area (Å²) in [6, 6.07) is 6.75. The second-order valence-corrected chi connectivity index (χ2v) is 6.50. The molecular weight excluding hydrogens is 354 g/mol. The third kappa shape index (κ3) is 2.34. The van der Waals surface area contributed by atoms with Crippen molar-refractivity contribution in [3.63, 3.8) is 0 Å². The van der Waals surface area contributed by atoms with Gasteiger partial charge in [0.1, 0.15) is 0 Å². The Morgan fingerprint density at radius 2 is 2.05 bits per heavy atom. The first-order valence-corrected chi connectivity index (χ1v) is 7.88. The molecule has 0 aliphatic carbocycles. The second-order valence-electron chi connectivity index (χ2n) is 4.73. The zero-order valence-corrected chi connectivity index (χ0v) is 13.5. The van der Waals surface area contributed by atoms with E-state index in [4.69, 9.17) is 0 Å². The highest BCUT2D eigenvalue weighted by Gasteiger charge is 2.29. The van der Waals surface area contributed by atoms with Crippen molar-refractivity contribution in [1.82, 2.24) is 4.90 Å². The molecule has 4 nitrogen and oxygen atoms in total. The number of nitrogens with zero attached hydrogens (tertiary/aromatic N) is 1. The van der Waals surface area contributed by atoms with Crippen molar-refractivity contribution in [2.24, 2.45) is 0 Å². The average molecular weight is 364 g/mol. The average Bonchev–Trinajstić information content (AvgIpc) is 2.90. The maximum atomic E-state index is 12.5. The lowest BCUT2D eigenvalue weighted by atomic mass is 9.95. The van der Waals surface area contributed by atoms with E-state index < -0.39 is 0 Å². The molecule has 3 rings (SSSR count). The standard InChI is InChI=1S/C15H10BrNO3S/c1-17-12(18)7-8-2-3-9(6-10(8)15(17)20)13(19)14-11(16)4-5-21-14/h2-6H,7H2,1H3. The predicted octanol–water partition coefficient (Wildman–Crippen LogP) is 2.90. The molecule has 0 N–H and O–H groups in total. The molecular formula is C15H10BrNO3S. The Morgan fingerprint density at radius 3 is 2.71 bits per heavy atom. The minimum absolute atomic E-state index is 0.132. The first kappa shape index (κ1) is 14.2. The molecule has 2 heterocycles. The van der Waals surface area contributed by atoms with Gasteiger partial charge in [0.15, 0.2) is 0 Å². The molecule has 0 fully saturated rings. The highest BCUT2D eigenvalue weighted by atomic mass is 79.9. The number of imide groups is 1. The van der Waals surface area contributed by atoms with Crippen molar-refractivity contribution in [2.45, 2.75) is 6.42 Å². The molecule has 0 radical (unpaired) electrons. The minimum atomic E-state index is -0.360. The van der Waals surface area contributed by atoms with Gasteiger partial charge in [-0.3, -0.25) is 19.3 Å². The molecule has 0 atom stereocenters. The summed E-state index contributed by atoms with van der Waals surface area (Å²) >= 11 is 4.68. The molecule has 0 bridgehead atoms. The van der Waals surface area contributed by atoms with Crippen LogP contribution in [0.4, 0.5) is 0 Å². The van der Waals surface area contributed by atoms with Gasteiger partial charge in [-0.1, -0.05) is 12.1 Å². The van der Waals surface area contributed by atoms with E-state index >= 15 is 0 Å². The van der Waals surface area contributed by atoms with E-state index in [-0.39, 0.29) is 24.0 Å². The van der Waals surface area contributed by atoms with Crippen LogP contribution in [0, 0.1) is 0 Å². The number of amides is 2. The van der Waals surface area contributed by atoms with E-state index in [2.05, 4.69) is 15.9 Å². The molecule has 0 spiro atoms. The summed E-state index contributed by atoms with van der Waals surface area (Å²) in [5.74, 6) is -0.722. The Hall–Kier alpha value is -1.79. The van der Waals surface area contributed by atoms with E-state index in [1.54, 1.807) is 18.2 Å². The van der Waals surface area contributed by atoms with Crippen LogP contribution < -0.4 is 0 Å². The van der Waals surface area contributed by atoms with Crippen molar-refractivity contribution in [3.05, 3.63) is 55.7 Å². The van der Waals surface area contributed by atoms with Gasteiger partial charge >= 0.3 is 0 Å². The predicted molar refractivity (Wildman–Crippen MR) is 82.7 cm³/mol. The van der Waals surface area contributed by atoms with E-state index in [0.29, 0.717) is 21.6 Å². The number of thiophene rings is 1. The monoisotopic (exact) mass is 363 g/mol. The highest BCUT2D eigenvalue weighted by Crippen LogP contribution is 2.27. The van der Waals surface area contributed by atoms with Gasteiger partial charge in [0.2, 0.25) is 11.7 Å². The number of benzene rings is 1.